The van der Waals surface area contributed by atoms with E-state index in [1.807, 2.05) is 0 Å². The van der Waals surface area contributed by atoms with Gasteiger partial charge in [0.05, 0.1) is 5.56 Å². The number of benzene rings is 1. The van der Waals surface area contributed by atoms with Crippen LogP contribution in [0.4, 0.5) is 4.39 Å². The number of carbonyl (C=O) groups is 3. The van der Waals surface area contributed by atoms with Crippen molar-refractivity contribution in [2.45, 2.75) is 13.8 Å². The van der Waals surface area contributed by atoms with Crippen molar-refractivity contribution in [1.29, 1.82) is 0 Å². The van der Waals surface area contributed by atoms with Gasteiger partial charge >= 0.3 is 17.9 Å². The predicted molar refractivity (Wildman–Crippen MR) is 58.4 cm³/mol. The number of carbonyl (C=O) groups excluding carboxylic acids is 3. The lowest BCUT2D eigenvalue weighted by Gasteiger charge is -1.98. The molecule has 7 heteroatoms. The summed E-state index contributed by atoms with van der Waals surface area (Å²) in [5.74, 6) is 1.95. The van der Waals surface area contributed by atoms with Gasteiger partial charge in [0.1, 0.15) is 5.82 Å². The van der Waals surface area contributed by atoms with Crippen LogP contribution in [-0.4, -0.2) is 17.9 Å². The largest absolute Gasteiger partial charge is 0.390 e. The molecule has 0 spiro atoms. The summed E-state index contributed by atoms with van der Waals surface area (Å²) in [6.07, 6.45) is 0. The summed E-state index contributed by atoms with van der Waals surface area (Å²) >= 11 is 0. The minimum absolute atomic E-state index is 0.150. The van der Waals surface area contributed by atoms with Gasteiger partial charge < -0.3 is 9.57 Å². The monoisotopic (exact) mass is 257 g/mol. The van der Waals surface area contributed by atoms with Crippen LogP contribution in [0.3, 0.4) is 0 Å². The number of rotatable bonds is 1. The molecule has 6 nitrogen and oxygen atoms in total. The highest BCUT2D eigenvalue weighted by atomic mass is 19.1. The SMILES string of the molecule is CC(=O)OC(=O)c1ccc(F)cc1.CC(=O)ON. The van der Waals surface area contributed by atoms with Gasteiger partial charge in [0.15, 0.2) is 0 Å². The van der Waals surface area contributed by atoms with E-state index in [-0.39, 0.29) is 5.56 Å². The highest BCUT2D eigenvalue weighted by Crippen LogP contribution is 2.04. The standard InChI is InChI=1S/C9H7FO3.C2H5NO2/c1-6(11)13-9(12)7-2-4-8(10)5-3-7;1-2(4)5-3/h2-5H,1H3;3H2,1H3. The fourth-order valence-electron chi connectivity index (χ4n) is 0.775. The Morgan fingerprint density at radius 3 is 1.83 bits per heavy atom. The van der Waals surface area contributed by atoms with Crippen LogP contribution >= 0.6 is 0 Å². The Morgan fingerprint density at radius 1 is 1.06 bits per heavy atom. The van der Waals surface area contributed by atoms with Crippen molar-refractivity contribution in [2.75, 3.05) is 0 Å². The Balaban J connectivity index is 0.000000494. The van der Waals surface area contributed by atoms with Gasteiger partial charge in [-0.05, 0) is 24.3 Å². The van der Waals surface area contributed by atoms with Gasteiger partial charge in [0.2, 0.25) is 0 Å². The highest BCUT2D eigenvalue weighted by Gasteiger charge is 2.08. The van der Waals surface area contributed by atoms with Crippen LogP contribution < -0.4 is 5.90 Å². The Bertz CT molecular complexity index is 430. The number of ether oxygens (including phenoxy) is 1. The van der Waals surface area contributed by atoms with Crippen molar-refractivity contribution >= 4 is 17.9 Å². The smallest absolute Gasteiger partial charge is 0.345 e. The zero-order chi connectivity index (χ0) is 14.1. The van der Waals surface area contributed by atoms with Crippen LogP contribution in [0.15, 0.2) is 24.3 Å². The van der Waals surface area contributed by atoms with Gasteiger partial charge in [0, 0.05) is 13.8 Å². The maximum atomic E-state index is 12.4. The minimum Gasteiger partial charge on any atom is -0.390 e. The molecule has 0 unspecified atom stereocenters. The molecule has 0 amide bonds. The van der Waals surface area contributed by atoms with Gasteiger partial charge in [-0.3, -0.25) is 9.59 Å². The van der Waals surface area contributed by atoms with Crippen molar-refractivity contribution < 1.29 is 28.3 Å². The van der Waals surface area contributed by atoms with E-state index in [1.165, 1.54) is 19.1 Å². The molecule has 0 bridgehead atoms. The molecule has 98 valence electrons. The van der Waals surface area contributed by atoms with E-state index in [0.717, 1.165) is 19.1 Å². The second-order valence-electron chi connectivity index (χ2n) is 3.00. The molecule has 0 heterocycles. The molecule has 0 aliphatic carbocycles. The first-order valence-corrected chi connectivity index (χ1v) is 4.72. The lowest BCUT2D eigenvalue weighted by atomic mass is 10.2. The number of halogens is 1. The molecule has 0 saturated carbocycles. The first-order chi connectivity index (χ1) is 8.36. The van der Waals surface area contributed by atoms with Crippen LogP contribution in [0.1, 0.15) is 24.2 Å². The third-order valence-electron chi connectivity index (χ3n) is 1.48. The molecule has 2 N–H and O–H groups in total. The van der Waals surface area contributed by atoms with E-state index in [1.54, 1.807) is 0 Å². The highest BCUT2D eigenvalue weighted by molar-refractivity contribution is 5.96. The van der Waals surface area contributed by atoms with Crippen molar-refractivity contribution in [1.82, 2.24) is 0 Å². The molecular weight excluding hydrogens is 245 g/mol. The van der Waals surface area contributed by atoms with Crippen LogP contribution in [0.5, 0.6) is 0 Å². The zero-order valence-corrected chi connectivity index (χ0v) is 9.81. The van der Waals surface area contributed by atoms with Gasteiger partial charge in [-0.25, -0.2) is 9.18 Å². The van der Waals surface area contributed by atoms with Crippen LogP contribution in [0.25, 0.3) is 0 Å². The van der Waals surface area contributed by atoms with E-state index in [4.69, 9.17) is 0 Å². The molecule has 0 atom stereocenters. The first-order valence-electron chi connectivity index (χ1n) is 4.72. The van der Waals surface area contributed by atoms with Gasteiger partial charge in [-0.2, -0.15) is 5.90 Å². The van der Waals surface area contributed by atoms with Crippen molar-refractivity contribution in [3.8, 4) is 0 Å². The molecule has 0 radical (unpaired) electrons. The van der Waals surface area contributed by atoms with E-state index >= 15 is 0 Å². The Labute approximate surface area is 102 Å². The lowest BCUT2D eigenvalue weighted by Crippen LogP contribution is -2.08. The minimum atomic E-state index is -0.771. The molecule has 0 aromatic heterocycles. The fourth-order valence-corrected chi connectivity index (χ4v) is 0.775. The van der Waals surface area contributed by atoms with E-state index in [0.29, 0.717) is 0 Å². The van der Waals surface area contributed by atoms with E-state index in [9.17, 15) is 18.8 Å². The second-order valence-corrected chi connectivity index (χ2v) is 3.00. The number of hydrogen-bond donors (Lipinski definition) is 1. The van der Waals surface area contributed by atoms with E-state index < -0.39 is 23.7 Å². The predicted octanol–water partition coefficient (Wildman–Crippen LogP) is 0.952. The number of nitrogens with two attached hydrogens (primary N) is 1. The summed E-state index contributed by atoms with van der Waals surface area (Å²) in [5.41, 5.74) is 0.150. The second kappa shape index (κ2) is 7.91. The molecule has 18 heavy (non-hydrogen) atoms. The molecule has 0 aliphatic rings. The summed E-state index contributed by atoms with van der Waals surface area (Å²) in [5, 5.41) is 0. The normalized spacial score (nSPS) is 8.67. The Hall–Kier alpha value is -2.28. The van der Waals surface area contributed by atoms with Gasteiger partial charge in [0.25, 0.3) is 0 Å². The summed E-state index contributed by atoms with van der Waals surface area (Å²) in [6, 6.07) is 4.74. The van der Waals surface area contributed by atoms with Crippen LogP contribution in [-0.2, 0) is 19.2 Å². The van der Waals surface area contributed by atoms with Crippen LogP contribution in [0, 0.1) is 5.82 Å². The maximum absolute atomic E-state index is 12.4. The molecule has 0 saturated heterocycles. The van der Waals surface area contributed by atoms with E-state index in [2.05, 4.69) is 15.5 Å². The number of hydrogen-bond acceptors (Lipinski definition) is 6. The quantitative estimate of drug-likeness (QED) is 0.457. The van der Waals surface area contributed by atoms with Gasteiger partial charge in [-0.1, -0.05) is 0 Å². The van der Waals surface area contributed by atoms with Crippen molar-refractivity contribution in [3.05, 3.63) is 35.6 Å². The van der Waals surface area contributed by atoms with Gasteiger partial charge in [-0.15, -0.1) is 0 Å². The average Bonchev–Trinajstić information content (AvgIpc) is 2.29. The maximum Gasteiger partial charge on any atom is 0.345 e. The first kappa shape index (κ1) is 15.7. The Kier molecular flexibility index (Phi) is 6.91. The third-order valence-corrected chi connectivity index (χ3v) is 1.48. The summed E-state index contributed by atoms with van der Waals surface area (Å²) in [7, 11) is 0. The van der Waals surface area contributed by atoms with Crippen molar-refractivity contribution in [2.24, 2.45) is 5.90 Å². The zero-order valence-electron chi connectivity index (χ0n) is 9.81. The lowest BCUT2D eigenvalue weighted by molar-refractivity contribution is -0.141. The molecule has 1 rings (SSSR count). The number of esters is 2. The fraction of sp³-hybridized carbons (Fsp3) is 0.182. The molecule has 1 aromatic carbocycles. The summed E-state index contributed by atoms with van der Waals surface area (Å²) in [6.45, 7) is 2.36. The van der Waals surface area contributed by atoms with Crippen molar-refractivity contribution in [3.63, 3.8) is 0 Å². The average molecular weight is 257 g/mol. The molecule has 1 aromatic rings. The summed E-state index contributed by atoms with van der Waals surface area (Å²) < 4.78 is 16.7. The Morgan fingerprint density at radius 2 is 1.50 bits per heavy atom. The third kappa shape index (κ3) is 7.07. The topological polar surface area (TPSA) is 95.7 Å². The summed E-state index contributed by atoms with van der Waals surface area (Å²) in [4.78, 5) is 34.5. The molecular formula is C11H12FNO5. The van der Waals surface area contributed by atoms with Crippen LogP contribution in [0.2, 0.25) is 0 Å². The molecule has 0 aliphatic heterocycles. The molecule has 0 fully saturated rings.